The van der Waals surface area contributed by atoms with Crippen molar-refractivity contribution in [3.63, 3.8) is 0 Å². The molecule has 0 saturated heterocycles. The van der Waals surface area contributed by atoms with E-state index in [4.69, 9.17) is 0 Å². The van der Waals surface area contributed by atoms with Crippen molar-refractivity contribution in [3.05, 3.63) is 34.3 Å². The maximum atomic E-state index is 11.7. The van der Waals surface area contributed by atoms with Crippen LogP contribution in [0, 0.1) is 16.7 Å². The minimum atomic E-state index is -3.36. The van der Waals surface area contributed by atoms with Gasteiger partial charge >= 0.3 is 0 Å². The van der Waals surface area contributed by atoms with E-state index in [0.717, 1.165) is 16.3 Å². The third kappa shape index (κ3) is 1.96. The number of rotatable bonds is 3. The number of hydrogen-bond acceptors (Lipinski definition) is 4. The smallest absolute Gasteiger partial charge is 0.152 e. The van der Waals surface area contributed by atoms with Gasteiger partial charge in [0.15, 0.2) is 9.84 Å². The van der Waals surface area contributed by atoms with E-state index < -0.39 is 33.0 Å². The van der Waals surface area contributed by atoms with Gasteiger partial charge in [0.2, 0.25) is 0 Å². The molecule has 0 amide bonds. The maximum absolute atomic E-state index is 11.7. The molecule has 3 atom stereocenters. The van der Waals surface area contributed by atoms with Gasteiger partial charge in [-0.3, -0.25) is 0 Å². The van der Waals surface area contributed by atoms with Crippen LogP contribution in [0.15, 0.2) is 28.7 Å². The van der Waals surface area contributed by atoms with Crippen molar-refractivity contribution < 1.29 is 13.5 Å². The van der Waals surface area contributed by atoms with Crippen molar-refractivity contribution in [1.29, 1.82) is 5.26 Å². The SMILES string of the molecule is CS(=O)(=O)C1C(c2ccc(Br)cc2)C1(C#N)CO. The summed E-state index contributed by atoms with van der Waals surface area (Å²) < 4.78 is 24.3. The van der Waals surface area contributed by atoms with Crippen LogP contribution in [0.1, 0.15) is 11.5 Å². The fraction of sp³-hybridized carbons (Fsp3) is 0.417. The van der Waals surface area contributed by atoms with Crippen LogP contribution in [-0.2, 0) is 9.84 Å². The Morgan fingerprint density at radius 2 is 2.00 bits per heavy atom. The topological polar surface area (TPSA) is 78.2 Å². The molecule has 1 aliphatic rings. The first kappa shape index (κ1) is 13.5. The second-order valence-electron chi connectivity index (χ2n) is 4.59. The quantitative estimate of drug-likeness (QED) is 0.910. The Labute approximate surface area is 114 Å². The second-order valence-corrected chi connectivity index (χ2v) is 7.67. The molecule has 4 nitrogen and oxygen atoms in total. The van der Waals surface area contributed by atoms with Gasteiger partial charge in [-0.15, -0.1) is 0 Å². The molecule has 1 N–H and O–H groups in total. The zero-order chi connectivity index (χ0) is 13.6. The summed E-state index contributed by atoms with van der Waals surface area (Å²) in [7, 11) is -3.36. The summed E-state index contributed by atoms with van der Waals surface area (Å²) in [5, 5.41) is 17.8. The molecule has 0 spiro atoms. The van der Waals surface area contributed by atoms with E-state index in [9.17, 15) is 18.8 Å². The van der Waals surface area contributed by atoms with Crippen LogP contribution < -0.4 is 0 Å². The van der Waals surface area contributed by atoms with E-state index in [-0.39, 0.29) is 0 Å². The zero-order valence-electron chi connectivity index (χ0n) is 9.67. The highest BCUT2D eigenvalue weighted by Crippen LogP contribution is 2.62. The van der Waals surface area contributed by atoms with E-state index in [1.807, 2.05) is 6.07 Å². The molecule has 0 bridgehead atoms. The van der Waals surface area contributed by atoms with Crippen LogP contribution in [0.4, 0.5) is 0 Å². The van der Waals surface area contributed by atoms with Gasteiger partial charge in [0.05, 0.1) is 17.9 Å². The van der Waals surface area contributed by atoms with Gasteiger partial charge in [-0.1, -0.05) is 28.1 Å². The first-order valence-electron chi connectivity index (χ1n) is 5.33. The third-order valence-corrected chi connectivity index (χ3v) is 5.56. The number of halogens is 1. The number of nitriles is 1. The molecule has 0 aromatic heterocycles. The Hall–Kier alpha value is -0.900. The Morgan fingerprint density at radius 1 is 1.44 bits per heavy atom. The molecule has 0 heterocycles. The Morgan fingerprint density at radius 3 is 2.33 bits per heavy atom. The van der Waals surface area contributed by atoms with Crippen LogP contribution in [0.3, 0.4) is 0 Å². The van der Waals surface area contributed by atoms with Crippen molar-refractivity contribution in [2.24, 2.45) is 5.41 Å². The molecule has 2 rings (SSSR count). The van der Waals surface area contributed by atoms with Gasteiger partial charge in [0.25, 0.3) is 0 Å². The molecule has 1 aliphatic carbocycles. The highest BCUT2D eigenvalue weighted by Gasteiger charge is 2.70. The molecular weight excluding hydrogens is 318 g/mol. The number of aliphatic hydroxyl groups is 1. The predicted octanol–water partition coefficient (Wildman–Crippen LogP) is 1.46. The maximum Gasteiger partial charge on any atom is 0.152 e. The number of aliphatic hydroxyl groups excluding tert-OH is 1. The molecule has 1 fully saturated rings. The molecule has 1 saturated carbocycles. The van der Waals surface area contributed by atoms with Crippen LogP contribution in [0.25, 0.3) is 0 Å². The molecule has 18 heavy (non-hydrogen) atoms. The largest absolute Gasteiger partial charge is 0.395 e. The summed E-state index contributed by atoms with van der Waals surface area (Å²) in [6.45, 7) is -0.442. The van der Waals surface area contributed by atoms with Crippen molar-refractivity contribution in [2.45, 2.75) is 11.2 Å². The molecule has 6 heteroatoms. The molecule has 1 aromatic carbocycles. The number of nitrogens with zero attached hydrogens (tertiary/aromatic N) is 1. The lowest BCUT2D eigenvalue weighted by atomic mass is 10.0. The van der Waals surface area contributed by atoms with Crippen molar-refractivity contribution >= 4 is 25.8 Å². The minimum absolute atomic E-state index is 0.442. The van der Waals surface area contributed by atoms with Gasteiger partial charge < -0.3 is 5.11 Å². The van der Waals surface area contributed by atoms with Crippen LogP contribution >= 0.6 is 15.9 Å². The summed E-state index contributed by atoms with van der Waals surface area (Å²) in [4.78, 5) is 0. The highest BCUT2D eigenvalue weighted by atomic mass is 79.9. The monoisotopic (exact) mass is 329 g/mol. The molecule has 0 radical (unpaired) electrons. The average Bonchev–Trinajstić information content (AvgIpc) is 3.00. The Balaban J connectivity index is 2.46. The summed E-state index contributed by atoms with van der Waals surface area (Å²) >= 11 is 3.30. The molecular formula is C12H12BrNO3S. The van der Waals surface area contributed by atoms with Crippen molar-refractivity contribution in [2.75, 3.05) is 12.9 Å². The van der Waals surface area contributed by atoms with E-state index in [1.54, 1.807) is 24.3 Å². The standard InChI is InChI=1S/C12H12BrNO3S/c1-18(16,17)11-10(12(11,6-14)7-15)8-2-4-9(13)5-3-8/h2-5,10-11,15H,7H2,1H3. The van der Waals surface area contributed by atoms with Crippen molar-refractivity contribution in [3.8, 4) is 6.07 Å². The normalized spacial score (nSPS) is 30.8. The van der Waals surface area contributed by atoms with Gasteiger partial charge in [-0.25, -0.2) is 8.42 Å². The lowest BCUT2D eigenvalue weighted by Crippen LogP contribution is -2.16. The number of benzene rings is 1. The third-order valence-electron chi connectivity index (χ3n) is 3.42. The summed E-state index contributed by atoms with van der Waals surface area (Å²) in [5.41, 5.74) is -0.425. The number of hydrogen-bond donors (Lipinski definition) is 1. The van der Waals surface area contributed by atoms with Crippen LogP contribution in [-0.4, -0.2) is 31.6 Å². The summed E-state index contributed by atoms with van der Waals surface area (Å²) in [6.07, 6.45) is 1.11. The first-order valence-corrected chi connectivity index (χ1v) is 8.08. The van der Waals surface area contributed by atoms with Crippen LogP contribution in [0.2, 0.25) is 0 Å². The molecule has 1 aromatic rings. The van der Waals surface area contributed by atoms with Gasteiger partial charge in [-0.05, 0) is 17.7 Å². The van der Waals surface area contributed by atoms with Crippen LogP contribution in [0.5, 0.6) is 0 Å². The predicted molar refractivity (Wildman–Crippen MR) is 70.6 cm³/mol. The fourth-order valence-corrected chi connectivity index (χ4v) is 4.65. The lowest BCUT2D eigenvalue weighted by molar-refractivity contribution is 0.242. The van der Waals surface area contributed by atoms with E-state index >= 15 is 0 Å². The van der Waals surface area contributed by atoms with Gasteiger partial charge in [0.1, 0.15) is 5.41 Å². The minimum Gasteiger partial charge on any atom is -0.395 e. The Bertz CT molecular complexity index is 605. The van der Waals surface area contributed by atoms with Gasteiger partial charge in [-0.2, -0.15) is 5.26 Å². The summed E-state index contributed by atoms with van der Waals surface area (Å²) in [6, 6.07) is 9.14. The first-order chi connectivity index (χ1) is 8.36. The summed E-state index contributed by atoms with van der Waals surface area (Å²) in [5.74, 6) is -0.449. The van der Waals surface area contributed by atoms with E-state index in [0.29, 0.717) is 0 Å². The van der Waals surface area contributed by atoms with E-state index in [1.165, 1.54) is 0 Å². The highest BCUT2D eigenvalue weighted by molar-refractivity contribution is 9.10. The van der Waals surface area contributed by atoms with E-state index in [2.05, 4.69) is 15.9 Å². The van der Waals surface area contributed by atoms with Gasteiger partial charge in [0, 0.05) is 16.6 Å². The molecule has 96 valence electrons. The molecule has 3 unspecified atom stereocenters. The number of sulfone groups is 1. The fourth-order valence-electron chi connectivity index (χ4n) is 2.53. The zero-order valence-corrected chi connectivity index (χ0v) is 12.1. The van der Waals surface area contributed by atoms with Crippen molar-refractivity contribution in [1.82, 2.24) is 0 Å². The average molecular weight is 330 g/mol. The molecule has 0 aliphatic heterocycles. The second kappa shape index (κ2) is 4.34. The lowest BCUT2D eigenvalue weighted by Gasteiger charge is -2.03. The Kier molecular flexibility index (Phi) is 3.26.